The smallest absolute Gasteiger partial charge is 0.254 e. The summed E-state index contributed by atoms with van der Waals surface area (Å²) in [7, 11) is -3.62. The van der Waals surface area contributed by atoms with Crippen molar-refractivity contribution in [2.45, 2.75) is 39.5 Å². The lowest BCUT2D eigenvalue weighted by atomic mass is 10.1. The molecule has 1 fully saturated rings. The molecule has 1 heterocycles. The van der Waals surface area contributed by atoms with E-state index in [1.165, 1.54) is 4.31 Å². The molecule has 0 atom stereocenters. The summed E-state index contributed by atoms with van der Waals surface area (Å²) in [6, 6.07) is 8.94. The van der Waals surface area contributed by atoms with Crippen LogP contribution in [0.15, 0.2) is 35.2 Å². The number of nitrogens with zero attached hydrogens (tertiary/aromatic N) is 2. The monoisotopic (exact) mass is 460 g/mol. The number of rotatable bonds is 7. The fourth-order valence-electron chi connectivity index (χ4n) is 4.20. The number of carbonyl (C=O) groups is 1. The van der Waals surface area contributed by atoms with Crippen LogP contribution in [0.4, 0.5) is 0 Å². The van der Waals surface area contributed by atoms with E-state index in [1.54, 1.807) is 23.1 Å². The molecule has 0 aliphatic carbocycles. The molecule has 1 saturated heterocycles. The lowest BCUT2D eigenvalue weighted by molar-refractivity contribution is 0.0697. The summed E-state index contributed by atoms with van der Waals surface area (Å²) in [5.41, 5.74) is 3.03. The molecule has 0 unspecified atom stereocenters. The van der Waals surface area contributed by atoms with Gasteiger partial charge in [0.15, 0.2) is 11.5 Å². The molecular weight excluding hydrogens is 428 g/mol. The first-order valence-corrected chi connectivity index (χ1v) is 12.4. The minimum Gasteiger partial charge on any atom is -0.490 e. The van der Waals surface area contributed by atoms with E-state index in [0.29, 0.717) is 48.3 Å². The Morgan fingerprint density at radius 2 is 1.44 bits per heavy atom. The highest BCUT2D eigenvalue weighted by Crippen LogP contribution is 2.30. The molecule has 32 heavy (non-hydrogen) atoms. The van der Waals surface area contributed by atoms with Gasteiger partial charge in [0.2, 0.25) is 10.0 Å². The van der Waals surface area contributed by atoms with Gasteiger partial charge in [0, 0.05) is 31.7 Å². The quantitative estimate of drug-likeness (QED) is 0.632. The highest BCUT2D eigenvalue weighted by molar-refractivity contribution is 7.89. The van der Waals surface area contributed by atoms with E-state index in [9.17, 15) is 13.2 Å². The zero-order valence-corrected chi connectivity index (χ0v) is 20.3. The van der Waals surface area contributed by atoms with Gasteiger partial charge in [-0.15, -0.1) is 0 Å². The van der Waals surface area contributed by atoms with Crippen molar-refractivity contribution in [3.05, 3.63) is 52.6 Å². The molecule has 1 aliphatic heterocycles. The number of amides is 1. The third-order valence-corrected chi connectivity index (χ3v) is 7.72. The Bertz CT molecular complexity index is 1070. The van der Waals surface area contributed by atoms with E-state index < -0.39 is 10.0 Å². The summed E-state index contributed by atoms with van der Waals surface area (Å²) >= 11 is 0. The van der Waals surface area contributed by atoms with Crippen molar-refractivity contribution in [2.24, 2.45) is 0 Å². The SMILES string of the molecule is CCOc1ccc(C(=O)N2CCN(S(=O)(=O)c3c(C)cc(C)cc3C)CC2)cc1OCC. The van der Waals surface area contributed by atoms with E-state index in [-0.39, 0.29) is 19.0 Å². The lowest BCUT2D eigenvalue weighted by Crippen LogP contribution is -2.50. The molecule has 0 N–H and O–H groups in total. The van der Waals surface area contributed by atoms with Gasteiger partial charge in [-0.25, -0.2) is 8.42 Å². The molecular formula is C24H32N2O5S. The topological polar surface area (TPSA) is 76.2 Å². The third kappa shape index (κ3) is 4.91. The summed E-state index contributed by atoms with van der Waals surface area (Å²) in [5, 5.41) is 0. The number of aryl methyl sites for hydroxylation is 3. The van der Waals surface area contributed by atoms with Gasteiger partial charge < -0.3 is 14.4 Å². The molecule has 0 bridgehead atoms. The van der Waals surface area contributed by atoms with Crippen LogP contribution in [0.25, 0.3) is 0 Å². The highest BCUT2D eigenvalue weighted by atomic mass is 32.2. The van der Waals surface area contributed by atoms with Gasteiger partial charge >= 0.3 is 0 Å². The van der Waals surface area contributed by atoms with Gasteiger partial charge in [-0.3, -0.25) is 4.79 Å². The molecule has 0 radical (unpaired) electrons. The lowest BCUT2D eigenvalue weighted by Gasteiger charge is -2.34. The molecule has 0 aromatic heterocycles. The molecule has 0 spiro atoms. The van der Waals surface area contributed by atoms with Crippen LogP contribution in [0.1, 0.15) is 40.9 Å². The number of benzene rings is 2. The molecule has 2 aromatic carbocycles. The first-order chi connectivity index (χ1) is 15.2. The van der Waals surface area contributed by atoms with Crippen molar-refractivity contribution in [3.8, 4) is 11.5 Å². The normalized spacial score (nSPS) is 15.0. The van der Waals surface area contributed by atoms with Crippen molar-refractivity contribution < 1.29 is 22.7 Å². The Labute approximate surface area is 191 Å². The number of sulfonamides is 1. The minimum absolute atomic E-state index is 0.145. The summed E-state index contributed by atoms with van der Waals surface area (Å²) in [6.45, 7) is 11.5. The average molecular weight is 461 g/mol. The van der Waals surface area contributed by atoms with E-state index in [4.69, 9.17) is 9.47 Å². The predicted octanol–water partition coefficient (Wildman–Crippen LogP) is 3.56. The fourth-order valence-corrected chi connectivity index (χ4v) is 6.03. The van der Waals surface area contributed by atoms with Crippen LogP contribution in [0.3, 0.4) is 0 Å². The zero-order chi connectivity index (χ0) is 23.5. The van der Waals surface area contributed by atoms with E-state index in [1.807, 2.05) is 46.8 Å². The molecule has 2 aromatic rings. The number of ether oxygens (including phenoxy) is 2. The maximum absolute atomic E-state index is 13.3. The van der Waals surface area contributed by atoms with Crippen molar-refractivity contribution in [1.29, 1.82) is 0 Å². The van der Waals surface area contributed by atoms with Crippen LogP contribution in [0, 0.1) is 20.8 Å². The second-order valence-electron chi connectivity index (χ2n) is 7.95. The van der Waals surface area contributed by atoms with Crippen molar-refractivity contribution in [1.82, 2.24) is 9.21 Å². The molecule has 3 rings (SSSR count). The molecule has 1 amide bonds. The Kier molecular flexibility index (Phi) is 7.46. The van der Waals surface area contributed by atoms with Gasteiger partial charge in [-0.05, 0) is 63.9 Å². The standard InChI is InChI=1S/C24H32N2O5S/c1-6-30-21-9-8-20(16-22(21)31-7-2)24(27)25-10-12-26(13-11-25)32(28,29)23-18(4)14-17(3)15-19(23)5/h8-9,14-16H,6-7,10-13H2,1-5H3. The van der Waals surface area contributed by atoms with E-state index in [2.05, 4.69) is 0 Å². The number of carbonyl (C=O) groups excluding carboxylic acids is 1. The van der Waals surface area contributed by atoms with E-state index in [0.717, 1.165) is 16.7 Å². The van der Waals surface area contributed by atoms with Crippen molar-refractivity contribution >= 4 is 15.9 Å². The van der Waals surface area contributed by atoms with Crippen LogP contribution in [0.5, 0.6) is 11.5 Å². The predicted molar refractivity (Wildman–Crippen MR) is 124 cm³/mol. The zero-order valence-electron chi connectivity index (χ0n) is 19.5. The number of hydrogen-bond donors (Lipinski definition) is 0. The van der Waals surface area contributed by atoms with Gasteiger partial charge in [0.1, 0.15) is 0 Å². The van der Waals surface area contributed by atoms with Gasteiger partial charge in [0.05, 0.1) is 18.1 Å². The highest BCUT2D eigenvalue weighted by Gasteiger charge is 2.32. The Morgan fingerprint density at radius 3 is 2.00 bits per heavy atom. The molecule has 7 nitrogen and oxygen atoms in total. The van der Waals surface area contributed by atoms with Gasteiger partial charge in [-0.2, -0.15) is 4.31 Å². The minimum atomic E-state index is -3.62. The fraction of sp³-hybridized carbons (Fsp3) is 0.458. The van der Waals surface area contributed by atoms with Crippen LogP contribution < -0.4 is 9.47 Å². The molecule has 0 saturated carbocycles. The Morgan fingerprint density at radius 1 is 0.875 bits per heavy atom. The van der Waals surface area contributed by atoms with Crippen LogP contribution in [-0.4, -0.2) is 62.9 Å². The van der Waals surface area contributed by atoms with Crippen molar-refractivity contribution in [3.63, 3.8) is 0 Å². The van der Waals surface area contributed by atoms with Crippen molar-refractivity contribution in [2.75, 3.05) is 39.4 Å². The maximum Gasteiger partial charge on any atom is 0.254 e. The van der Waals surface area contributed by atoms with Crippen LogP contribution >= 0.6 is 0 Å². The Balaban J connectivity index is 1.74. The van der Waals surface area contributed by atoms with Crippen LogP contribution in [-0.2, 0) is 10.0 Å². The first-order valence-electron chi connectivity index (χ1n) is 11.0. The first kappa shape index (κ1) is 24.1. The summed E-state index contributed by atoms with van der Waals surface area (Å²) in [6.07, 6.45) is 0. The van der Waals surface area contributed by atoms with Gasteiger partial charge in [-0.1, -0.05) is 17.7 Å². The van der Waals surface area contributed by atoms with E-state index >= 15 is 0 Å². The molecule has 1 aliphatic rings. The van der Waals surface area contributed by atoms with Crippen LogP contribution in [0.2, 0.25) is 0 Å². The average Bonchev–Trinajstić information content (AvgIpc) is 2.74. The van der Waals surface area contributed by atoms with Gasteiger partial charge in [0.25, 0.3) is 5.91 Å². The second kappa shape index (κ2) is 9.92. The Hall–Kier alpha value is -2.58. The third-order valence-electron chi connectivity index (χ3n) is 5.52. The molecule has 174 valence electrons. The number of piperazine rings is 1. The summed E-state index contributed by atoms with van der Waals surface area (Å²) in [5.74, 6) is 0.992. The number of hydrogen-bond acceptors (Lipinski definition) is 5. The summed E-state index contributed by atoms with van der Waals surface area (Å²) < 4.78 is 39.3. The second-order valence-corrected chi connectivity index (χ2v) is 9.83. The summed E-state index contributed by atoms with van der Waals surface area (Å²) in [4.78, 5) is 15.1. The maximum atomic E-state index is 13.3. The molecule has 8 heteroatoms. The largest absolute Gasteiger partial charge is 0.490 e.